The van der Waals surface area contributed by atoms with E-state index in [2.05, 4.69) is 25.7 Å². The molecule has 1 aliphatic heterocycles. The van der Waals surface area contributed by atoms with E-state index in [4.69, 9.17) is 9.47 Å². The number of likely N-dealkylation sites (tertiary alicyclic amines) is 1. The van der Waals surface area contributed by atoms with Crippen molar-refractivity contribution >= 4 is 39.6 Å². The van der Waals surface area contributed by atoms with E-state index in [9.17, 15) is 32.4 Å². The summed E-state index contributed by atoms with van der Waals surface area (Å²) >= 11 is 0. The Morgan fingerprint density at radius 1 is 1.00 bits per heavy atom. The van der Waals surface area contributed by atoms with Crippen LogP contribution in [-0.4, -0.2) is 136 Å². The summed E-state index contributed by atoms with van der Waals surface area (Å²) in [5.74, 6) is -3.08. The van der Waals surface area contributed by atoms with E-state index in [1.165, 1.54) is 14.2 Å². The molecule has 0 bridgehead atoms. The number of rotatable bonds is 22. The number of ether oxygens (including phenoxy) is 2. The molecule has 5 amide bonds. The van der Waals surface area contributed by atoms with Gasteiger partial charge in [-0.15, -0.1) is 0 Å². The van der Waals surface area contributed by atoms with Gasteiger partial charge in [-0.2, -0.15) is 0 Å². The number of carbonyl (C=O) groups is 5. The third-order valence-electron chi connectivity index (χ3n) is 11.0. The number of carbonyl (C=O) groups excluding carboxylic acids is 5. The summed E-state index contributed by atoms with van der Waals surface area (Å²) in [6.07, 6.45) is 2.91. The number of aromatic nitrogens is 1. The van der Waals surface area contributed by atoms with Gasteiger partial charge in [0.05, 0.1) is 54.5 Å². The lowest BCUT2D eigenvalue weighted by Crippen LogP contribution is -2.56. The highest BCUT2D eigenvalue weighted by Gasteiger charge is 2.43. The summed E-state index contributed by atoms with van der Waals surface area (Å²) in [4.78, 5) is 74.8. The lowest BCUT2D eigenvalue weighted by atomic mass is 9.90. The Morgan fingerprint density at radius 3 is 2.24 bits per heavy atom. The summed E-state index contributed by atoms with van der Waals surface area (Å²) < 4.78 is 39.2. The average Bonchev–Trinajstić information content (AvgIpc) is 3.92. The van der Waals surface area contributed by atoms with Crippen LogP contribution in [0, 0.1) is 17.8 Å². The number of pyridine rings is 1. The van der Waals surface area contributed by atoms with Gasteiger partial charge in [0.2, 0.25) is 33.7 Å². The van der Waals surface area contributed by atoms with Crippen molar-refractivity contribution in [1.29, 1.82) is 0 Å². The van der Waals surface area contributed by atoms with Crippen LogP contribution < -0.4 is 20.7 Å². The maximum absolute atomic E-state index is 14.1. The molecule has 1 saturated heterocycles. The van der Waals surface area contributed by atoms with E-state index < -0.39 is 69.4 Å². The molecule has 3 rings (SSSR count). The Bertz CT molecular complexity index is 1560. The van der Waals surface area contributed by atoms with E-state index >= 15 is 0 Å². The Kier molecular flexibility index (Phi) is 17.5. The van der Waals surface area contributed by atoms with E-state index in [1.54, 1.807) is 55.2 Å². The van der Waals surface area contributed by atoms with E-state index in [0.717, 1.165) is 0 Å². The van der Waals surface area contributed by atoms with Crippen molar-refractivity contribution in [3.05, 3.63) is 30.1 Å². The molecule has 0 spiro atoms. The predicted molar refractivity (Wildman–Crippen MR) is 207 cm³/mol. The van der Waals surface area contributed by atoms with Crippen LogP contribution in [0.3, 0.4) is 0 Å². The summed E-state index contributed by atoms with van der Waals surface area (Å²) in [5.41, 5.74) is 0.490. The molecule has 8 atom stereocenters. The van der Waals surface area contributed by atoms with Gasteiger partial charge >= 0.3 is 0 Å². The average molecular weight is 794 g/mol. The van der Waals surface area contributed by atoms with Gasteiger partial charge in [-0.3, -0.25) is 33.7 Å². The molecule has 1 aromatic heterocycles. The molecule has 4 N–H and O–H groups in total. The van der Waals surface area contributed by atoms with Crippen LogP contribution in [-0.2, 0) is 49.9 Å². The number of amides is 5. The first-order chi connectivity index (χ1) is 26.0. The SMILES string of the molecule is CC[C@H](C)[C@@H]([C@@H](CC(=O)N1CCC[C@H]1[C@H](OC)[C@@H](C)C(=O)N[C@@H](Cc1ccccn1)C(=O)NS(=O)(=O)C1CC1)OC)N(C)C(=O)CNC(=O)C(NC)C(C)C. The molecule has 17 heteroatoms. The maximum Gasteiger partial charge on any atom is 0.256 e. The monoisotopic (exact) mass is 793 g/mol. The molecule has 310 valence electrons. The molecule has 2 aliphatic rings. The second-order valence-electron chi connectivity index (χ2n) is 15.2. The molecule has 1 aliphatic carbocycles. The highest BCUT2D eigenvalue weighted by molar-refractivity contribution is 7.90. The standard InChI is InChI=1S/C38H63N7O9S/c1-10-24(4)34(44(7)32(47)22-41-38(50)33(39-6)23(2)3)30(53-8)21-31(46)45-19-13-15-29(45)35(54-9)25(5)36(48)42-28(20-26-14-11-12-18-40-26)37(49)43-55(51,52)27-16-17-27/h11-12,14,18,23-25,27-30,33-35,39H,10,13,15-17,19-22H2,1-9H3,(H,41,50)(H,42,48)(H,43,49)/t24-,25+,28-,29-,30+,33?,34-,35+/m0/s1. The van der Waals surface area contributed by atoms with Crippen LogP contribution in [0.1, 0.15) is 78.8 Å². The van der Waals surface area contributed by atoms with Gasteiger partial charge in [0.15, 0.2) is 0 Å². The largest absolute Gasteiger partial charge is 0.379 e. The second kappa shape index (κ2) is 21.0. The maximum atomic E-state index is 14.1. The quantitative estimate of drug-likeness (QED) is 0.130. The normalized spacial score (nSPS) is 19.7. The number of nitrogens with zero attached hydrogens (tertiary/aromatic N) is 3. The zero-order valence-corrected chi connectivity index (χ0v) is 34.7. The predicted octanol–water partition coefficient (Wildman–Crippen LogP) is 0.998. The molecule has 2 fully saturated rings. The number of nitrogens with one attached hydrogen (secondary N) is 4. The minimum absolute atomic E-state index is 0.0254. The van der Waals surface area contributed by atoms with E-state index in [1.807, 2.05) is 27.7 Å². The van der Waals surface area contributed by atoms with Crippen molar-refractivity contribution < 1.29 is 41.9 Å². The Labute approximate surface area is 326 Å². The van der Waals surface area contributed by atoms with Crippen molar-refractivity contribution in [2.45, 2.75) is 121 Å². The smallest absolute Gasteiger partial charge is 0.256 e. The van der Waals surface area contributed by atoms with Crippen LogP contribution in [0.15, 0.2) is 24.4 Å². The van der Waals surface area contributed by atoms with E-state index in [0.29, 0.717) is 44.3 Å². The third-order valence-corrected chi connectivity index (χ3v) is 12.8. The second-order valence-corrected chi connectivity index (χ2v) is 17.1. The first-order valence-corrected chi connectivity index (χ1v) is 20.9. The molecule has 16 nitrogen and oxygen atoms in total. The molecule has 2 heterocycles. The Hall–Kier alpha value is -3.67. The van der Waals surface area contributed by atoms with Crippen molar-refractivity contribution in [2.75, 3.05) is 41.4 Å². The summed E-state index contributed by atoms with van der Waals surface area (Å²) in [5, 5.41) is 7.81. The Balaban J connectivity index is 1.74. The van der Waals surface area contributed by atoms with Gasteiger partial charge in [-0.25, -0.2) is 8.42 Å². The summed E-state index contributed by atoms with van der Waals surface area (Å²) in [7, 11) is 2.45. The van der Waals surface area contributed by atoms with Crippen LogP contribution in [0.2, 0.25) is 0 Å². The summed E-state index contributed by atoms with van der Waals surface area (Å²) in [6.45, 7) is 9.68. The fourth-order valence-corrected chi connectivity index (χ4v) is 8.75. The van der Waals surface area contributed by atoms with Gasteiger partial charge in [-0.1, -0.05) is 47.1 Å². The van der Waals surface area contributed by atoms with Crippen LogP contribution >= 0.6 is 0 Å². The lowest BCUT2D eigenvalue weighted by molar-refractivity contribution is -0.146. The van der Waals surface area contributed by atoms with Crippen LogP contribution in [0.5, 0.6) is 0 Å². The van der Waals surface area contributed by atoms with Gasteiger partial charge in [0.1, 0.15) is 6.04 Å². The number of hydrogen-bond donors (Lipinski definition) is 4. The fraction of sp³-hybridized carbons (Fsp3) is 0.737. The molecule has 1 unspecified atom stereocenters. The number of hydrogen-bond acceptors (Lipinski definition) is 11. The van der Waals surface area contributed by atoms with Crippen molar-refractivity contribution in [2.24, 2.45) is 17.8 Å². The van der Waals surface area contributed by atoms with Crippen molar-refractivity contribution in [1.82, 2.24) is 35.5 Å². The zero-order valence-electron chi connectivity index (χ0n) is 33.9. The minimum atomic E-state index is -3.87. The van der Waals surface area contributed by atoms with E-state index in [-0.39, 0.29) is 48.9 Å². The highest BCUT2D eigenvalue weighted by atomic mass is 32.2. The van der Waals surface area contributed by atoms with Crippen LogP contribution in [0.4, 0.5) is 0 Å². The summed E-state index contributed by atoms with van der Waals surface area (Å²) in [6, 6.07) is 2.48. The van der Waals surface area contributed by atoms with Gasteiger partial charge < -0.3 is 35.2 Å². The third kappa shape index (κ3) is 12.4. The minimum Gasteiger partial charge on any atom is -0.379 e. The topological polar surface area (TPSA) is 205 Å². The number of likely N-dealkylation sites (N-methyl/N-ethyl adjacent to an activating group) is 2. The molecular formula is C38H63N7O9S. The Morgan fingerprint density at radius 2 is 1.69 bits per heavy atom. The number of sulfonamides is 1. The molecule has 0 aromatic carbocycles. The zero-order chi connectivity index (χ0) is 41.0. The van der Waals surface area contributed by atoms with Crippen molar-refractivity contribution in [3.8, 4) is 0 Å². The molecule has 0 radical (unpaired) electrons. The molecule has 1 saturated carbocycles. The van der Waals surface area contributed by atoms with Gasteiger partial charge in [0, 0.05) is 46.1 Å². The van der Waals surface area contributed by atoms with Crippen molar-refractivity contribution in [3.63, 3.8) is 0 Å². The van der Waals surface area contributed by atoms with Crippen LogP contribution in [0.25, 0.3) is 0 Å². The molecular weight excluding hydrogens is 731 g/mol. The highest BCUT2D eigenvalue weighted by Crippen LogP contribution is 2.30. The van der Waals surface area contributed by atoms with Gasteiger partial charge in [0.25, 0.3) is 5.91 Å². The molecule has 55 heavy (non-hydrogen) atoms. The molecule has 1 aromatic rings. The fourth-order valence-electron chi connectivity index (χ4n) is 7.40. The first-order valence-electron chi connectivity index (χ1n) is 19.3. The first kappa shape index (κ1) is 45.7. The lowest BCUT2D eigenvalue weighted by Gasteiger charge is -2.39. The van der Waals surface area contributed by atoms with Gasteiger partial charge in [-0.05, 0) is 56.7 Å². The number of methoxy groups -OCH3 is 2.